The maximum atomic E-state index is 13.4. The first-order valence-electron chi connectivity index (χ1n) is 12.2. The number of hydrogen-bond acceptors (Lipinski definition) is 10. The lowest BCUT2D eigenvalue weighted by Crippen LogP contribution is -2.80. The molecule has 0 N–H and O–H groups in total. The van der Waals surface area contributed by atoms with Gasteiger partial charge < -0.3 is 37.9 Å². The second-order valence-corrected chi connectivity index (χ2v) is 10.3. The van der Waals surface area contributed by atoms with Crippen molar-refractivity contribution in [1.82, 2.24) is 0 Å². The first-order valence-corrected chi connectivity index (χ1v) is 12.2. The van der Waals surface area contributed by atoms with E-state index in [9.17, 15) is 9.59 Å². The van der Waals surface area contributed by atoms with Crippen LogP contribution in [0.4, 0.5) is 0 Å². The second kappa shape index (κ2) is 6.51. The molecule has 38 heavy (non-hydrogen) atoms. The van der Waals surface area contributed by atoms with Crippen LogP contribution in [0.3, 0.4) is 0 Å². The number of carbonyl (C=O) groups is 2. The first-order chi connectivity index (χ1) is 18.3. The predicted octanol–water partition coefficient (Wildman–Crippen LogP) is 2.60. The number of esters is 2. The van der Waals surface area contributed by atoms with Crippen molar-refractivity contribution in [2.75, 3.05) is 14.2 Å². The van der Waals surface area contributed by atoms with Crippen molar-refractivity contribution in [2.45, 2.75) is 48.5 Å². The highest BCUT2D eigenvalue weighted by Crippen LogP contribution is 2.76. The molecule has 8 rings (SSSR count). The topological polar surface area (TPSA) is 108 Å². The number of ether oxygens (including phenoxy) is 8. The van der Waals surface area contributed by atoms with Crippen LogP contribution in [0.15, 0.2) is 71.2 Å². The van der Waals surface area contributed by atoms with Crippen LogP contribution in [0, 0.1) is 0 Å². The summed E-state index contributed by atoms with van der Waals surface area (Å²) >= 11 is 0. The summed E-state index contributed by atoms with van der Waals surface area (Å²) in [5.74, 6) is 1.21. The van der Waals surface area contributed by atoms with E-state index in [1.54, 1.807) is 38.1 Å². The van der Waals surface area contributed by atoms with E-state index in [-0.39, 0.29) is 11.1 Å². The molecule has 6 aliphatic heterocycles. The summed E-state index contributed by atoms with van der Waals surface area (Å²) in [6.07, 6.45) is -1.84. The number of para-hydroxylation sites is 4. The van der Waals surface area contributed by atoms with Crippen LogP contribution in [0.25, 0.3) is 0 Å². The third-order valence-corrected chi connectivity index (χ3v) is 8.77. The first kappa shape index (κ1) is 22.0. The van der Waals surface area contributed by atoms with Crippen molar-refractivity contribution in [3.05, 3.63) is 71.2 Å². The molecule has 2 aromatic rings. The third kappa shape index (κ3) is 1.96. The summed E-state index contributed by atoms with van der Waals surface area (Å²) in [5, 5.41) is 0. The Labute approximate surface area is 216 Å². The molecule has 2 saturated heterocycles. The van der Waals surface area contributed by atoms with Crippen LogP contribution < -0.4 is 18.9 Å². The van der Waals surface area contributed by atoms with E-state index in [0.29, 0.717) is 34.5 Å². The van der Waals surface area contributed by atoms with Crippen molar-refractivity contribution < 1.29 is 47.5 Å². The predicted molar refractivity (Wildman–Crippen MR) is 125 cm³/mol. The summed E-state index contributed by atoms with van der Waals surface area (Å²) in [5.41, 5.74) is -6.20. The molecule has 10 heteroatoms. The number of hydrogen-bond donors (Lipinski definition) is 0. The highest BCUT2D eigenvalue weighted by Gasteiger charge is 2.98. The lowest BCUT2D eigenvalue weighted by molar-refractivity contribution is -0.165. The maximum Gasteiger partial charge on any atom is 0.337 e. The molecule has 2 aromatic carbocycles. The Balaban J connectivity index is 1.44. The van der Waals surface area contributed by atoms with Crippen LogP contribution in [-0.2, 0) is 28.5 Å². The van der Waals surface area contributed by atoms with E-state index in [0.717, 1.165) is 0 Å². The van der Waals surface area contributed by atoms with Crippen LogP contribution in [0.1, 0.15) is 13.8 Å². The van der Waals surface area contributed by atoms with Crippen molar-refractivity contribution >= 4 is 11.9 Å². The van der Waals surface area contributed by atoms with Crippen LogP contribution in [-0.4, -0.2) is 60.8 Å². The zero-order valence-corrected chi connectivity index (χ0v) is 20.9. The van der Waals surface area contributed by atoms with E-state index < -0.39 is 46.6 Å². The van der Waals surface area contributed by atoms with Gasteiger partial charge in [0, 0.05) is 0 Å². The minimum absolute atomic E-state index is 0.0108. The molecule has 0 aromatic heterocycles. The second-order valence-electron chi connectivity index (χ2n) is 10.3. The molecule has 6 aliphatic rings. The van der Waals surface area contributed by atoms with Gasteiger partial charge >= 0.3 is 11.9 Å². The molecule has 0 saturated carbocycles. The Hall–Kier alpha value is -4.02. The Morgan fingerprint density at radius 1 is 0.684 bits per heavy atom. The zero-order valence-electron chi connectivity index (χ0n) is 20.9. The van der Waals surface area contributed by atoms with E-state index in [4.69, 9.17) is 37.9 Å². The lowest BCUT2D eigenvalue weighted by atomic mass is 9.54. The van der Waals surface area contributed by atoms with Crippen LogP contribution >= 0.6 is 0 Å². The summed E-state index contributed by atoms with van der Waals surface area (Å²) in [6.45, 7) is 3.38. The summed E-state index contributed by atoms with van der Waals surface area (Å²) in [4.78, 5) is 26.7. The van der Waals surface area contributed by atoms with Crippen molar-refractivity contribution in [1.29, 1.82) is 0 Å². The molecule has 2 fully saturated rings. The molecule has 6 heterocycles. The number of methoxy groups -OCH3 is 2. The normalized spacial score (nSPS) is 38.0. The van der Waals surface area contributed by atoms with Gasteiger partial charge in [-0.1, -0.05) is 24.3 Å². The van der Waals surface area contributed by atoms with E-state index in [2.05, 4.69) is 0 Å². The summed E-state index contributed by atoms with van der Waals surface area (Å²) in [7, 11) is 2.49. The number of carbonyl (C=O) groups excluding carboxylic acids is 2. The highest BCUT2D eigenvalue weighted by molar-refractivity contribution is 6.06. The van der Waals surface area contributed by atoms with Gasteiger partial charge in [0.2, 0.25) is 11.2 Å². The van der Waals surface area contributed by atoms with Gasteiger partial charge in [0.15, 0.2) is 46.7 Å². The molecule has 4 bridgehead atoms. The third-order valence-electron chi connectivity index (χ3n) is 8.77. The molecular weight excluding hydrogens is 496 g/mol. The number of benzene rings is 2. The zero-order chi connectivity index (χ0) is 26.2. The largest absolute Gasteiger partial charge is 0.472 e. The number of fused-ring (bicyclic) bond motifs is 8. The van der Waals surface area contributed by atoms with E-state index >= 15 is 0 Å². The quantitative estimate of drug-likeness (QED) is 0.551. The van der Waals surface area contributed by atoms with Crippen molar-refractivity contribution in [3.8, 4) is 23.0 Å². The molecule has 0 aliphatic carbocycles. The summed E-state index contributed by atoms with van der Waals surface area (Å²) in [6, 6.07) is 14.4. The Morgan fingerprint density at radius 3 is 1.47 bits per heavy atom. The van der Waals surface area contributed by atoms with Crippen molar-refractivity contribution in [3.63, 3.8) is 0 Å². The average Bonchev–Trinajstić information content (AvgIpc) is 3.58. The molecule has 6 atom stereocenters. The highest BCUT2D eigenvalue weighted by atomic mass is 16.7. The standard InChI is InChI=1S/C28H22O10/c1-25-17(23(29)31-3)18(24(30)32-4)26(2,38-25)28-22-20-19(33-13-9-5-6-10-14(13)34-20)21(35-22)27(25,28)36-15-11-7-8-12-16(15)37-28/h5-12,21-22H,1-4H3. The van der Waals surface area contributed by atoms with Crippen LogP contribution in [0.2, 0.25) is 0 Å². The van der Waals surface area contributed by atoms with Gasteiger partial charge in [-0.05, 0) is 38.1 Å². The molecule has 0 radical (unpaired) electrons. The fraction of sp³-hybridized carbons (Fsp3) is 0.357. The van der Waals surface area contributed by atoms with Gasteiger partial charge in [0.05, 0.1) is 25.4 Å². The van der Waals surface area contributed by atoms with Crippen molar-refractivity contribution in [2.24, 2.45) is 0 Å². The average molecular weight is 518 g/mol. The van der Waals surface area contributed by atoms with Gasteiger partial charge in [-0.2, -0.15) is 0 Å². The molecule has 10 nitrogen and oxygen atoms in total. The molecule has 194 valence electrons. The fourth-order valence-corrected chi connectivity index (χ4v) is 7.47. The Bertz CT molecular complexity index is 1450. The summed E-state index contributed by atoms with van der Waals surface area (Å²) < 4.78 is 50.2. The maximum absolute atomic E-state index is 13.4. The Kier molecular flexibility index (Phi) is 3.77. The fourth-order valence-electron chi connectivity index (χ4n) is 7.47. The number of rotatable bonds is 2. The van der Waals surface area contributed by atoms with E-state index in [1.807, 2.05) is 24.3 Å². The molecule has 0 amide bonds. The SMILES string of the molecule is COC(=O)C1=C(C(=O)OC)C2(C)OC1(C)C13Oc4ccccc4OC21C1OC3C2=C1Oc1ccccc1O2. The lowest BCUT2D eigenvalue weighted by Gasteiger charge is -2.57. The molecule has 0 spiro atoms. The van der Waals surface area contributed by atoms with E-state index in [1.165, 1.54) is 14.2 Å². The Morgan fingerprint density at radius 2 is 1.08 bits per heavy atom. The van der Waals surface area contributed by atoms with Gasteiger partial charge in [-0.15, -0.1) is 0 Å². The smallest absolute Gasteiger partial charge is 0.337 e. The van der Waals surface area contributed by atoms with Gasteiger partial charge in [-0.3, -0.25) is 0 Å². The van der Waals surface area contributed by atoms with Gasteiger partial charge in [0.25, 0.3) is 0 Å². The minimum Gasteiger partial charge on any atom is -0.472 e. The van der Waals surface area contributed by atoms with Crippen LogP contribution in [0.5, 0.6) is 23.0 Å². The monoisotopic (exact) mass is 518 g/mol. The molecular formula is C28H22O10. The molecule has 6 unspecified atom stereocenters. The van der Waals surface area contributed by atoms with Gasteiger partial charge in [-0.25, -0.2) is 9.59 Å². The van der Waals surface area contributed by atoms with Gasteiger partial charge in [0.1, 0.15) is 11.2 Å². The minimum atomic E-state index is -1.58.